The molecule has 1 aromatic carbocycles. The molecular formula is C21H26N6O4. The first-order valence-electron chi connectivity index (χ1n) is 9.94. The number of pyridine rings is 1. The summed E-state index contributed by atoms with van der Waals surface area (Å²) in [5, 5.41) is 13.1. The predicted octanol–water partition coefficient (Wildman–Crippen LogP) is 1.84. The standard InChI is InChI=1S/C21H26N6O4/c1-14-2-5-18(23-12-14)25-21(29)15-3-4-17-16(13-24-27-17)20(15)26-19(28)6-8-30-10-11-31-9-7-22/h2-5,12-13H,6-11,22H2,1H3,(H,24,27)(H,26,28)(H,23,25,29). The summed E-state index contributed by atoms with van der Waals surface area (Å²) in [7, 11) is 0. The summed E-state index contributed by atoms with van der Waals surface area (Å²) in [6.45, 7) is 3.87. The minimum absolute atomic E-state index is 0.131. The Kier molecular flexibility index (Phi) is 8.05. The van der Waals surface area contributed by atoms with E-state index in [0.29, 0.717) is 54.3 Å². The van der Waals surface area contributed by atoms with Crippen molar-refractivity contribution in [2.24, 2.45) is 5.73 Å². The average molecular weight is 426 g/mol. The number of ether oxygens (including phenoxy) is 2. The van der Waals surface area contributed by atoms with E-state index in [-0.39, 0.29) is 24.8 Å². The topological polar surface area (TPSA) is 144 Å². The van der Waals surface area contributed by atoms with Gasteiger partial charge < -0.3 is 25.8 Å². The Labute approximate surface area is 179 Å². The number of aryl methyl sites for hydroxylation is 1. The van der Waals surface area contributed by atoms with Crippen LogP contribution in [0.5, 0.6) is 0 Å². The molecule has 0 aliphatic carbocycles. The fraction of sp³-hybridized carbons (Fsp3) is 0.333. The average Bonchev–Trinajstić information content (AvgIpc) is 3.24. The molecular weight excluding hydrogens is 400 g/mol. The van der Waals surface area contributed by atoms with Crippen molar-refractivity contribution in [3.05, 3.63) is 47.8 Å². The van der Waals surface area contributed by atoms with E-state index in [2.05, 4.69) is 25.8 Å². The van der Waals surface area contributed by atoms with Gasteiger partial charge in [0, 0.05) is 18.1 Å². The highest BCUT2D eigenvalue weighted by atomic mass is 16.5. The Morgan fingerprint density at radius 2 is 1.84 bits per heavy atom. The highest BCUT2D eigenvalue weighted by molar-refractivity contribution is 6.15. The zero-order valence-corrected chi connectivity index (χ0v) is 17.3. The van der Waals surface area contributed by atoms with E-state index in [9.17, 15) is 9.59 Å². The van der Waals surface area contributed by atoms with E-state index in [0.717, 1.165) is 5.56 Å². The number of aromatic amines is 1. The molecule has 5 N–H and O–H groups in total. The molecule has 2 aromatic heterocycles. The maximum Gasteiger partial charge on any atom is 0.258 e. The molecule has 0 aliphatic rings. The Morgan fingerprint density at radius 1 is 1.03 bits per heavy atom. The van der Waals surface area contributed by atoms with E-state index < -0.39 is 0 Å². The third-order valence-corrected chi connectivity index (χ3v) is 4.39. The fourth-order valence-electron chi connectivity index (χ4n) is 2.84. The monoisotopic (exact) mass is 426 g/mol. The van der Waals surface area contributed by atoms with Crippen molar-refractivity contribution < 1.29 is 19.1 Å². The third kappa shape index (κ3) is 6.32. The maximum atomic E-state index is 12.9. The number of anilines is 2. The van der Waals surface area contributed by atoms with Crippen molar-refractivity contribution in [1.29, 1.82) is 0 Å². The number of amides is 2. The van der Waals surface area contributed by atoms with Gasteiger partial charge in [-0.2, -0.15) is 5.10 Å². The summed E-state index contributed by atoms with van der Waals surface area (Å²) in [6.07, 6.45) is 3.36. The molecule has 164 valence electrons. The van der Waals surface area contributed by atoms with E-state index >= 15 is 0 Å². The highest BCUT2D eigenvalue weighted by Crippen LogP contribution is 2.27. The normalized spacial score (nSPS) is 10.9. The molecule has 10 nitrogen and oxygen atoms in total. The number of aromatic nitrogens is 3. The highest BCUT2D eigenvalue weighted by Gasteiger charge is 2.18. The van der Waals surface area contributed by atoms with Crippen LogP contribution in [-0.2, 0) is 14.3 Å². The molecule has 3 aromatic rings. The van der Waals surface area contributed by atoms with Gasteiger partial charge in [-0.3, -0.25) is 14.7 Å². The number of hydrogen-bond acceptors (Lipinski definition) is 7. The lowest BCUT2D eigenvalue weighted by atomic mass is 10.1. The van der Waals surface area contributed by atoms with E-state index in [1.54, 1.807) is 30.6 Å². The summed E-state index contributed by atoms with van der Waals surface area (Å²) < 4.78 is 10.6. The van der Waals surface area contributed by atoms with Crippen LogP contribution < -0.4 is 16.4 Å². The fourth-order valence-corrected chi connectivity index (χ4v) is 2.84. The van der Waals surface area contributed by atoms with Crippen LogP contribution in [0.25, 0.3) is 10.9 Å². The molecule has 0 bridgehead atoms. The van der Waals surface area contributed by atoms with Crippen molar-refractivity contribution in [3.63, 3.8) is 0 Å². The van der Waals surface area contributed by atoms with E-state index in [4.69, 9.17) is 15.2 Å². The van der Waals surface area contributed by atoms with Crippen molar-refractivity contribution in [2.45, 2.75) is 13.3 Å². The summed E-state index contributed by atoms with van der Waals surface area (Å²) in [6, 6.07) is 6.94. The number of nitrogens with zero attached hydrogens (tertiary/aromatic N) is 2. The number of nitrogens with two attached hydrogens (primary N) is 1. The van der Waals surface area contributed by atoms with Crippen LogP contribution in [0, 0.1) is 6.92 Å². The smallest absolute Gasteiger partial charge is 0.258 e. The van der Waals surface area contributed by atoms with Gasteiger partial charge >= 0.3 is 0 Å². The molecule has 0 saturated heterocycles. The first-order chi connectivity index (χ1) is 15.1. The SMILES string of the molecule is Cc1ccc(NC(=O)c2ccc3[nH]ncc3c2NC(=O)CCOCCOCCN)nc1. The lowest BCUT2D eigenvalue weighted by molar-refractivity contribution is -0.117. The van der Waals surface area contributed by atoms with Crippen LogP contribution in [0.4, 0.5) is 11.5 Å². The van der Waals surface area contributed by atoms with E-state index in [1.807, 2.05) is 13.0 Å². The molecule has 31 heavy (non-hydrogen) atoms. The van der Waals surface area contributed by atoms with Gasteiger partial charge in [-0.05, 0) is 30.7 Å². The number of benzene rings is 1. The number of rotatable bonds is 11. The Hall–Kier alpha value is -3.34. The molecule has 0 saturated carbocycles. The summed E-state index contributed by atoms with van der Waals surface area (Å²) >= 11 is 0. The molecule has 0 spiro atoms. The largest absolute Gasteiger partial charge is 0.379 e. The predicted molar refractivity (Wildman–Crippen MR) is 117 cm³/mol. The van der Waals surface area contributed by atoms with Crippen molar-refractivity contribution in [1.82, 2.24) is 15.2 Å². The molecule has 0 radical (unpaired) electrons. The van der Waals surface area contributed by atoms with Gasteiger partial charge in [0.1, 0.15) is 5.82 Å². The van der Waals surface area contributed by atoms with Crippen molar-refractivity contribution in [3.8, 4) is 0 Å². The summed E-state index contributed by atoms with van der Waals surface area (Å²) in [5.41, 5.74) is 7.71. The first kappa shape index (κ1) is 22.3. The second kappa shape index (κ2) is 11.2. The van der Waals surface area contributed by atoms with Crippen molar-refractivity contribution >= 4 is 34.2 Å². The molecule has 0 atom stereocenters. The van der Waals surface area contributed by atoms with Crippen molar-refractivity contribution in [2.75, 3.05) is 43.6 Å². The molecule has 0 aliphatic heterocycles. The molecule has 0 unspecified atom stereocenters. The Bertz CT molecular complexity index is 1020. The zero-order chi connectivity index (χ0) is 22.1. The molecule has 3 rings (SSSR count). The van der Waals surface area contributed by atoms with Crippen LogP contribution in [0.2, 0.25) is 0 Å². The van der Waals surface area contributed by atoms with Crippen LogP contribution in [0.3, 0.4) is 0 Å². The number of hydrogen-bond donors (Lipinski definition) is 4. The van der Waals surface area contributed by atoms with Gasteiger partial charge in [-0.25, -0.2) is 4.98 Å². The summed E-state index contributed by atoms with van der Waals surface area (Å²) in [5.74, 6) is -0.243. The van der Waals surface area contributed by atoms with Crippen LogP contribution >= 0.6 is 0 Å². The lowest BCUT2D eigenvalue weighted by Gasteiger charge is -2.13. The first-order valence-corrected chi connectivity index (χ1v) is 9.94. The lowest BCUT2D eigenvalue weighted by Crippen LogP contribution is -2.20. The molecule has 2 heterocycles. The van der Waals surface area contributed by atoms with Gasteiger partial charge in [0.25, 0.3) is 5.91 Å². The number of fused-ring (bicyclic) bond motifs is 1. The third-order valence-electron chi connectivity index (χ3n) is 4.39. The Balaban J connectivity index is 1.66. The molecule has 0 fully saturated rings. The van der Waals surface area contributed by atoms with E-state index in [1.165, 1.54) is 0 Å². The van der Waals surface area contributed by atoms with Crippen LogP contribution in [-0.4, -0.2) is 60.0 Å². The number of carbonyl (C=O) groups is 2. The summed E-state index contributed by atoms with van der Waals surface area (Å²) in [4.78, 5) is 29.5. The number of H-pyrrole nitrogens is 1. The maximum absolute atomic E-state index is 12.9. The van der Waals surface area contributed by atoms with Gasteiger partial charge in [-0.1, -0.05) is 6.07 Å². The number of carbonyl (C=O) groups excluding carboxylic acids is 2. The van der Waals surface area contributed by atoms with Gasteiger partial charge in [0.2, 0.25) is 5.91 Å². The molecule has 2 amide bonds. The second-order valence-electron chi connectivity index (χ2n) is 6.81. The molecule has 10 heteroatoms. The van der Waals surface area contributed by atoms with Crippen LogP contribution in [0.15, 0.2) is 36.7 Å². The minimum Gasteiger partial charge on any atom is -0.379 e. The minimum atomic E-state index is -0.386. The zero-order valence-electron chi connectivity index (χ0n) is 17.3. The quantitative estimate of drug-likeness (QED) is 0.342. The van der Waals surface area contributed by atoms with Gasteiger partial charge in [0.15, 0.2) is 0 Å². The van der Waals surface area contributed by atoms with Gasteiger partial charge in [0.05, 0.1) is 55.8 Å². The van der Waals surface area contributed by atoms with Gasteiger partial charge in [-0.15, -0.1) is 0 Å². The second-order valence-corrected chi connectivity index (χ2v) is 6.81. The van der Waals surface area contributed by atoms with Crippen LogP contribution in [0.1, 0.15) is 22.3 Å². The Morgan fingerprint density at radius 3 is 2.58 bits per heavy atom. The number of nitrogens with one attached hydrogen (secondary N) is 3.